The van der Waals surface area contributed by atoms with Crippen LogP contribution in [0, 0.1) is 0 Å². The van der Waals surface area contributed by atoms with E-state index in [1.54, 1.807) is 0 Å². The van der Waals surface area contributed by atoms with Gasteiger partial charge in [0.15, 0.2) is 0 Å². The molecule has 3 heterocycles. The first kappa shape index (κ1) is 16.2. The van der Waals surface area contributed by atoms with E-state index in [0.717, 1.165) is 42.0 Å². The zero-order valence-electron chi connectivity index (χ0n) is 13.7. The summed E-state index contributed by atoms with van der Waals surface area (Å²) in [5, 5.41) is 8.38. The average molecular weight is 400 g/mol. The topological polar surface area (TPSA) is 58.3 Å². The van der Waals surface area contributed by atoms with Gasteiger partial charge in [0.1, 0.15) is 5.82 Å². The van der Waals surface area contributed by atoms with E-state index in [1.165, 1.54) is 0 Å². The summed E-state index contributed by atoms with van der Waals surface area (Å²) in [6, 6.07) is 13.9. The second-order valence-corrected chi connectivity index (χ2v) is 6.79. The van der Waals surface area contributed by atoms with E-state index in [4.69, 9.17) is 4.42 Å². The maximum atomic E-state index is 5.84. The summed E-state index contributed by atoms with van der Waals surface area (Å²) in [6.45, 7) is 4.46. The molecular formula is C18H18BrN5O. The molecule has 0 saturated carbocycles. The standard InChI is InChI=1S/C18H18BrN5O/c19-15-6-2-1-5-14(15)18-22-21-17(25-18)13-23-9-11-24(12-10-23)16-7-3-4-8-20-16/h1-8H,9-13H2. The average Bonchev–Trinajstić information content (AvgIpc) is 3.12. The molecule has 2 aromatic heterocycles. The molecule has 1 aliphatic rings. The van der Waals surface area contributed by atoms with Gasteiger partial charge in [-0.2, -0.15) is 0 Å². The highest BCUT2D eigenvalue weighted by atomic mass is 79.9. The van der Waals surface area contributed by atoms with Crippen LogP contribution < -0.4 is 4.90 Å². The Hall–Kier alpha value is -2.25. The third kappa shape index (κ3) is 3.72. The molecule has 25 heavy (non-hydrogen) atoms. The molecule has 128 valence electrons. The van der Waals surface area contributed by atoms with Gasteiger partial charge in [0.25, 0.3) is 0 Å². The third-order valence-electron chi connectivity index (χ3n) is 4.28. The second kappa shape index (κ2) is 7.33. The largest absolute Gasteiger partial charge is 0.419 e. The first-order chi connectivity index (χ1) is 12.3. The lowest BCUT2D eigenvalue weighted by molar-refractivity contribution is 0.226. The molecule has 4 rings (SSSR count). The van der Waals surface area contributed by atoms with E-state index in [1.807, 2.05) is 42.6 Å². The van der Waals surface area contributed by atoms with Gasteiger partial charge in [-0.05, 0) is 40.2 Å². The number of hydrogen-bond acceptors (Lipinski definition) is 6. The van der Waals surface area contributed by atoms with Gasteiger partial charge in [0.2, 0.25) is 11.8 Å². The smallest absolute Gasteiger partial charge is 0.248 e. The quantitative estimate of drug-likeness (QED) is 0.671. The fourth-order valence-electron chi connectivity index (χ4n) is 2.93. The Labute approximate surface area is 154 Å². The Morgan fingerprint density at radius 3 is 2.52 bits per heavy atom. The number of rotatable bonds is 4. The van der Waals surface area contributed by atoms with Crippen molar-refractivity contribution >= 4 is 21.7 Å². The molecule has 0 atom stereocenters. The van der Waals surface area contributed by atoms with Crippen LogP contribution in [0.15, 0.2) is 57.6 Å². The van der Waals surface area contributed by atoms with Gasteiger partial charge in [-0.3, -0.25) is 4.90 Å². The molecule has 7 heteroatoms. The van der Waals surface area contributed by atoms with Gasteiger partial charge >= 0.3 is 0 Å². The van der Waals surface area contributed by atoms with Crippen LogP contribution in [0.3, 0.4) is 0 Å². The molecule has 1 saturated heterocycles. The summed E-state index contributed by atoms with van der Waals surface area (Å²) < 4.78 is 6.80. The first-order valence-electron chi connectivity index (χ1n) is 8.25. The molecule has 0 aliphatic carbocycles. The molecule has 0 radical (unpaired) electrons. The predicted octanol–water partition coefficient (Wildman–Crippen LogP) is 3.22. The highest BCUT2D eigenvalue weighted by Gasteiger charge is 2.20. The van der Waals surface area contributed by atoms with E-state index >= 15 is 0 Å². The molecular weight excluding hydrogens is 382 g/mol. The van der Waals surface area contributed by atoms with Crippen molar-refractivity contribution in [3.05, 3.63) is 59.0 Å². The molecule has 1 fully saturated rings. The Balaban J connectivity index is 1.37. The normalized spacial score (nSPS) is 15.5. The minimum atomic E-state index is 0.551. The van der Waals surface area contributed by atoms with Crippen LogP contribution in [0.4, 0.5) is 5.82 Å². The van der Waals surface area contributed by atoms with Crippen LogP contribution in [0.25, 0.3) is 11.5 Å². The maximum absolute atomic E-state index is 5.84. The lowest BCUT2D eigenvalue weighted by atomic mass is 10.2. The number of halogens is 1. The minimum absolute atomic E-state index is 0.551. The van der Waals surface area contributed by atoms with Crippen molar-refractivity contribution in [2.45, 2.75) is 6.54 Å². The summed E-state index contributed by atoms with van der Waals surface area (Å²) in [5.74, 6) is 2.24. The Morgan fingerprint density at radius 1 is 0.960 bits per heavy atom. The van der Waals surface area contributed by atoms with Gasteiger partial charge in [0.05, 0.1) is 12.1 Å². The van der Waals surface area contributed by atoms with E-state index in [0.29, 0.717) is 18.3 Å². The SMILES string of the molecule is Brc1ccccc1-c1nnc(CN2CCN(c3ccccn3)CC2)o1. The summed E-state index contributed by atoms with van der Waals surface area (Å²) >= 11 is 3.52. The van der Waals surface area contributed by atoms with Crippen molar-refractivity contribution in [1.82, 2.24) is 20.1 Å². The van der Waals surface area contributed by atoms with E-state index in [2.05, 4.69) is 47.0 Å². The van der Waals surface area contributed by atoms with Crippen molar-refractivity contribution in [3.63, 3.8) is 0 Å². The van der Waals surface area contributed by atoms with Gasteiger partial charge < -0.3 is 9.32 Å². The van der Waals surface area contributed by atoms with Crippen LogP contribution in [0.2, 0.25) is 0 Å². The molecule has 0 spiro atoms. The zero-order valence-corrected chi connectivity index (χ0v) is 15.3. The van der Waals surface area contributed by atoms with Crippen LogP contribution in [0.5, 0.6) is 0 Å². The van der Waals surface area contributed by atoms with Crippen molar-refractivity contribution in [3.8, 4) is 11.5 Å². The minimum Gasteiger partial charge on any atom is -0.419 e. The molecule has 0 unspecified atom stereocenters. The van der Waals surface area contributed by atoms with Crippen molar-refractivity contribution in [2.24, 2.45) is 0 Å². The number of anilines is 1. The Bertz CT molecular complexity index is 830. The van der Waals surface area contributed by atoms with Crippen LogP contribution in [-0.2, 0) is 6.54 Å². The highest BCUT2D eigenvalue weighted by molar-refractivity contribution is 9.10. The third-order valence-corrected chi connectivity index (χ3v) is 4.97. The van der Waals surface area contributed by atoms with Gasteiger partial charge in [-0.25, -0.2) is 4.98 Å². The fourth-order valence-corrected chi connectivity index (χ4v) is 3.38. The summed E-state index contributed by atoms with van der Waals surface area (Å²) in [5.41, 5.74) is 0.918. The molecule has 1 aliphatic heterocycles. The lowest BCUT2D eigenvalue weighted by Gasteiger charge is -2.34. The molecule has 0 bridgehead atoms. The lowest BCUT2D eigenvalue weighted by Crippen LogP contribution is -2.46. The second-order valence-electron chi connectivity index (χ2n) is 5.93. The number of hydrogen-bond donors (Lipinski definition) is 0. The first-order valence-corrected chi connectivity index (χ1v) is 9.04. The summed E-state index contributed by atoms with van der Waals surface area (Å²) in [6.07, 6.45) is 1.84. The van der Waals surface area contributed by atoms with Crippen molar-refractivity contribution in [2.75, 3.05) is 31.1 Å². The highest BCUT2D eigenvalue weighted by Crippen LogP contribution is 2.27. The van der Waals surface area contributed by atoms with E-state index < -0.39 is 0 Å². The van der Waals surface area contributed by atoms with Crippen LogP contribution >= 0.6 is 15.9 Å². The van der Waals surface area contributed by atoms with Crippen LogP contribution in [0.1, 0.15) is 5.89 Å². The summed E-state index contributed by atoms with van der Waals surface area (Å²) in [7, 11) is 0. The van der Waals surface area contributed by atoms with Crippen molar-refractivity contribution < 1.29 is 4.42 Å². The van der Waals surface area contributed by atoms with E-state index in [9.17, 15) is 0 Å². The summed E-state index contributed by atoms with van der Waals surface area (Å²) in [4.78, 5) is 9.05. The molecule has 3 aromatic rings. The molecule has 0 N–H and O–H groups in total. The van der Waals surface area contributed by atoms with Gasteiger partial charge in [-0.15, -0.1) is 10.2 Å². The van der Waals surface area contributed by atoms with Crippen molar-refractivity contribution in [1.29, 1.82) is 0 Å². The number of pyridine rings is 1. The molecule has 0 amide bonds. The molecule has 1 aromatic carbocycles. The number of piperazine rings is 1. The monoisotopic (exact) mass is 399 g/mol. The maximum Gasteiger partial charge on any atom is 0.248 e. The van der Waals surface area contributed by atoms with E-state index in [-0.39, 0.29) is 0 Å². The predicted molar refractivity (Wildman–Crippen MR) is 99.2 cm³/mol. The fraction of sp³-hybridized carbons (Fsp3) is 0.278. The molecule has 6 nitrogen and oxygen atoms in total. The van der Waals surface area contributed by atoms with Crippen LogP contribution in [-0.4, -0.2) is 46.3 Å². The number of aromatic nitrogens is 3. The zero-order chi connectivity index (χ0) is 17.1. The number of benzene rings is 1. The number of nitrogens with zero attached hydrogens (tertiary/aromatic N) is 5. The van der Waals surface area contributed by atoms with Gasteiger partial charge in [0, 0.05) is 36.8 Å². The van der Waals surface area contributed by atoms with Gasteiger partial charge in [-0.1, -0.05) is 18.2 Å². The Morgan fingerprint density at radius 2 is 1.76 bits per heavy atom. The Kier molecular flexibility index (Phi) is 4.76.